The molecule has 18 heavy (non-hydrogen) atoms. The maximum Gasteiger partial charge on any atom is 0.416 e. The van der Waals surface area contributed by atoms with Gasteiger partial charge < -0.3 is 10.4 Å². The molecule has 1 atom stereocenters. The lowest BCUT2D eigenvalue weighted by molar-refractivity contribution is -0.138. The van der Waals surface area contributed by atoms with Gasteiger partial charge in [-0.25, -0.2) is 0 Å². The van der Waals surface area contributed by atoms with Crippen molar-refractivity contribution in [2.45, 2.75) is 31.5 Å². The molecule has 2 nitrogen and oxygen atoms in total. The third-order valence-electron chi connectivity index (χ3n) is 3.13. The first kappa shape index (κ1) is 13.7. The van der Waals surface area contributed by atoms with Gasteiger partial charge >= 0.3 is 6.18 Å². The summed E-state index contributed by atoms with van der Waals surface area (Å²) in [7, 11) is 0. The second kappa shape index (κ2) is 5.09. The van der Waals surface area contributed by atoms with E-state index in [-0.39, 0.29) is 15.8 Å². The van der Waals surface area contributed by atoms with Gasteiger partial charge in [0, 0.05) is 11.6 Å². The van der Waals surface area contributed by atoms with Crippen LogP contribution in [0.1, 0.15) is 36.4 Å². The number of phenolic OH excluding ortho intramolecular Hbond substituents is 1. The molecule has 0 radical (unpaired) electrons. The van der Waals surface area contributed by atoms with Gasteiger partial charge in [0.2, 0.25) is 0 Å². The van der Waals surface area contributed by atoms with Crippen molar-refractivity contribution < 1.29 is 18.3 Å². The van der Waals surface area contributed by atoms with Gasteiger partial charge in [0.25, 0.3) is 0 Å². The molecule has 0 aromatic heterocycles. The van der Waals surface area contributed by atoms with Gasteiger partial charge in [0.15, 0.2) is 0 Å². The lowest BCUT2D eigenvalue weighted by Crippen LogP contribution is -2.29. The van der Waals surface area contributed by atoms with Gasteiger partial charge in [-0.1, -0.05) is 6.42 Å². The zero-order valence-electron chi connectivity index (χ0n) is 9.52. The molecule has 2 N–H and O–H groups in total. The molecular formula is C12H13BrF3NO. The molecule has 1 aromatic carbocycles. The Balaban J connectivity index is 2.50. The number of phenols is 1. The molecule has 6 heteroatoms. The Bertz CT molecular complexity index is 442. The highest BCUT2D eigenvalue weighted by molar-refractivity contribution is 9.10. The number of hydrogen-bond donors (Lipinski definition) is 2. The van der Waals surface area contributed by atoms with E-state index < -0.39 is 17.8 Å². The van der Waals surface area contributed by atoms with Crippen LogP contribution >= 0.6 is 15.9 Å². The molecule has 0 saturated carbocycles. The topological polar surface area (TPSA) is 32.3 Å². The van der Waals surface area contributed by atoms with Crippen molar-refractivity contribution in [1.82, 2.24) is 5.32 Å². The van der Waals surface area contributed by atoms with Crippen molar-refractivity contribution >= 4 is 15.9 Å². The molecule has 1 aliphatic heterocycles. The minimum absolute atomic E-state index is 0.0448. The average molecular weight is 324 g/mol. The predicted octanol–water partition coefficient (Wildman–Crippen LogP) is 3.99. The van der Waals surface area contributed by atoms with Crippen LogP contribution in [0, 0.1) is 0 Å². The minimum Gasteiger partial charge on any atom is -0.506 e. The van der Waals surface area contributed by atoms with Gasteiger partial charge in [0.1, 0.15) is 5.75 Å². The monoisotopic (exact) mass is 323 g/mol. The van der Waals surface area contributed by atoms with E-state index in [0.29, 0.717) is 13.0 Å². The van der Waals surface area contributed by atoms with E-state index in [0.717, 1.165) is 18.9 Å². The quantitative estimate of drug-likeness (QED) is 0.819. The molecule has 100 valence electrons. The third kappa shape index (κ3) is 2.64. The molecule has 1 saturated heterocycles. The molecule has 0 spiro atoms. The summed E-state index contributed by atoms with van der Waals surface area (Å²) in [6.45, 7) is 0.675. The number of hydrogen-bond acceptors (Lipinski definition) is 2. The van der Waals surface area contributed by atoms with E-state index in [1.54, 1.807) is 0 Å². The van der Waals surface area contributed by atoms with Gasteiger partial charge in [0.05, 0.1) is 10.0 Å². The van der Waals surface area contributed by atoms with E-state index in [4.69, 9.17) is 0 Å². The van der Waals surface area contributed by atoms with Crippen LogP contribution in [0.2, 0.25) is 0 Å². The first-order valence-electron chi connectivity index (χ1n) is 5.73. The molecule has 0 aliphatic carbocycles. The van der Waals surface area contributed by atoms with Crippen LogP contribution in [0.25, 0.3) is 0 Å². The van der Waals surface area contributed by atoms with Crippen LogP contribution < -0.4 is 5.32 Å². The van der Waals surface area contributed by atoms with Crippen LogP contribution in [0.3, 0.4) is 0 Å². The summed E-state index contributed by atoms with van der Waals surface area (Å²) >= 11 is 3.07. The van der Waals surface area contributed by atoms with Crippen molar-refractivity contribution in [3.05, 3.63) is 27.7 Å². The number of nitrogens with one attached hydrogen (secondary N) is 1. The van der Waals surface area contributed by atoms with Crippen molar-refractivity contribution in [2.24, 2.45) is 0 Å². The SMILES string of the molecule is Oc1c(Br)ccc(C(F)(F)F)c1[C@@H]1CCCCN1. The number of rotatable bonds is 1. The lowest BCUT2D eigenvalue weighted by atomic mass is 9.92. The number of aromatic hydroxyl groups is 1. The van der Waals surface area contributed by atoms with E-state index in [1.807, 2.05) is 0 Å². The highest BCUT2D eigenvalue weighted by Crippen LogP contribution is 2.43. The molecule has 0 amide bonds. The van der Waals surface area contributed by atoms with Crippen molar-refractivity contribution in [1.29, 1.82) is 0 Å². The van der Waals surface area contributed by atoms with E-state index in [1.165, 1.54) is 6.07 Å². The minimum atomic E-state index is -4.45. The van der Waals surface area contributed by atoms with Crippen molar-refractivity contribution in [2.75, 3.05) is 6.54 Å². The van der Waals surface area contributed by atoms with Crippen molar-refractivity contribution in [3.63, 3.8) is 0 Å². The van der Waals surface area contributed by atoms with Crippen LogP contribution in [0.15, 0.2) is 16.6 Å². The highest BCUT2D eigenvalue weighted by Gasteiger charge is 2.37. The summed E-state index contributed by atoms with van der Waals surface area (Å²) in [6, 6.07) is 1.80. The second-order valence-corrected chi connectivity index (χ2v) is 5.21. The van der Waals surface area contributed by atoms with Gasteiger partial charge in [-0.15, -0.1) is 0 Å². The van der Waals surface area contributed by atoms with Crippen LogP contribution in [-0.2, 0) is 6.18 Å². The van der Waals surface area contributed by atoms with Gasteiger partial charge in [-0.2, -0.15) is 13.2 Å². The molecule has 1 aliphatic rings. The lowest BCUT2D eigenvalue weighted by Gasteiger charge is -2.27. The number of alkyl halides is 3. The fraction of sp³-hybridized carbons (Fsp3) is 0.500. The zero-order valence-corrected chi connectivity index (χ0v) is 11.1. The number of benzene rings is 1. The summed E-state index contributed by atoms with van der Waals surface area (Å²) < 4.78 is 39.2. The number of halogens is 4. The van der Waals surface area contributed by atoms with Crippen LogP contribution in [0.4, 0.5) is 13.2 Å². The number of piperidine rings is 1. The van der Waals surface area contributed by atoms with Gasteiger partial charge in [-0.3, -0.25) is 0 Å². The summed E-state index contributed by atoms with van der Waals surface area (Å²) in [5.41, 5.74) is -0.806. The Hall–Kier alpha value is -0.750. The van der Waals surface area contributed by atoms with E-state index in [2.05, 4.69) is 21.2 Å². The fourth-order valence-electron chi connectivity index (χ4n) is 2.28. The summed E-state index contributed by atoms with van der Waals surface area (Å²) in [6.07, 6.45) is -2.03. The molecule has 2 rings (SSSR count). The maximum absolute atomic E-state index is 13.0. The van der Waals surface area contributed by atoms with E-state index >= 15 is 0 Å². The fourth-order valence-corrected chi connectivity index (χ4v) is 2.63. The Morgan fingerprint density at radius 3 is 2.56 bits per heavy atom. The summed E-state index contributed by atoms with van der Waals surface area (Å²) in [5.74, 6) is -0.316. The molecule has 0 bridgehead atoms. The second-order valence-electron chi connectivity index (χ2n) is 4.36. The zero-order chi connectivity index (χ0) is 13.3. The summed E-state index contributed by atoms with van der Waals surface area (Å²) in [4.78, 5) is 0. The molecule has 1 aromatic rings. The highest BCUT2D eigenvalue weighted by atomic mass is 79.9. The maximum atomic E-state index is 13.0. The normalized spacial score (nSPS) is 21.0. The Kier molecular flexibility index (Phi) is 3.87. The Labute approximate surface area is 111 Å². The Morgan fingerprint density at radius 2 is 2.00 bits per heavy atom. The smallest absolute Gasteiger partial charge is 0.416 e. The predicted molar refractivity (Wildman–Crippen MR) is 65.4 cm³/mol. The molecular weight excluding hydrogens is 311 g/mol. The van der Waals surface area contributed by atoms with Crippen LogP contribution in [0.5, 0.6) is 5.75 Å². The first-order valence-corrected chi connectivity index (χ1v) is 6.52. The van der Waals surface area contributed by atoms with Crippen LogP contribution in [-0.4, -0.2) is 11.7 Å². The summed E-state index contributed by atoms with van der Waals surface area (Å²) in [5, 5.41) is 12.9. The third-order valence-corrected chi connectivity index (χ3v) is 3.77. The first-order chi connectivity index (χ1) is 8.41. The molecule has 0 unspecified atom stereocenters. The molecule has 1 heterocycles. The Morgan fingerprint density at radius 1 is 1.28 bits per heavy atom. The van der Waals surface area contributed by atoms with Crippen molar-refractivity contribution in [3.8, 4) is 5.75 Å². The molecule has 1 fully saturated rings. The van der Waals surface area contributed by atoms with E-state index in [9.17, 15) is 18.3 Å². The average Bonchev–Trinajstić information content (AvgIpc) is 2.32. The van der Waals surface area contributed by atoms with Gasteiger partial charge in [-0.05, 0) is 47.4 Å². The standard InChI is InChI=1S/C12H13BrF3NO/c13-8-5-4-7(12(14,15)16)10(11(8)18)9-3-1-2-6-17-9/h4-5,9,17-18H,1-3,6H2/t9-/m0/s1. The largest absolute Gasteiger partial charge is 0.506 e.